The monoisotopic (exact) mass is 304 g/mol. The van der Waals surface area contributed by atoms with Crippen LogP contribution in [0.15, 0.2) is 18.2 Å². The first kappa shape index (κ1) is 12.8. The lowest BCUT2D eigenvalue weighted by atomic mass is 9.65. The minimum atomic E-state index is -0.511. The van der Waals surface area contributed by atoms with Crippen molar-refractivity contribution in [2.45, 2.75) is 37.6 Å². The number of ether oxygens (including phenoxy) is 1. The fourth-order valence-electron chi connectivity index (χ4n) is 2.12. The summed E-state index contributed by atoms with van der Waals surface area (Å²) in [6, 6.07) is 3.29. The van der Waals surface area contributed by atoms with Crippen molar-refractivity contribution in [3.63, 3.8) is 0 Å². The zero-order valence-corrected chi connectivity index (χ0v) is 11.4. The Hall–Kier alpha value is -0.640. The van der Waals surface area contributed by atoms with Gasteiger partial charge in [0, 0.05) is 16.3 Å². The minimum Gasteiger partial charge on any atom is -0.487 e. The molecule has 0 radical (unpaired) electrons. The van der Waals surface area contributed by atoms with Crippen LogP contribution >= 0.6 is 15.9 Å². The Balaban J connectivity index is 2.14. The molecule has 0 N–H and O–H groups in total. The number of benzene rings is 1. The number of halogens is 3. The van der Waals surface area contributed by atoms with Crippen molar-refractivity contribution in [1.82, 2.24) is 0 Å². The Bertz CT molecular complexity index is 424. The van der Waals surface area contributed by atoms with Gasteiger partial charge in [-0.05, 0) is 25.0 Å². The molecule has 1 aliphatic carbocycles. The van der Waals surface area contributed by atoms with Gasteiger partial charge in [-0.2, -0.15) is 0 Å². The molecule has 1 aromatic carbocycles. The van der Waals surface area contributed by atoms with Gasteiger partial charge < -0.3 is 4.74 Å². The predicted molar refractivity (Wildman–Crippen MR) is 66.5 cm³/mol. The van der Waals surface area contributed by atoms with E-state index in [1.807, 2.05) is 0 Å². The van der Waals surface area contributed by atoms with E-state index in [0.29, 0.717) is 4.83 Å². The van der Waals surface area contributed by atoms with E-state index in [1.165, 1.54) is 0 Å². The Morgan fingerprint density at radius 1 is 1.47 bits per heavy atom. The molecule has 1 saturated carbocycles. The van der Waals surface area contributed by atoms with Gasteiger partial charge in [0.15, 0.2) is 11.6 Å². The third kappa shape index (κ3) is 2.19. The van der Waals surface area contributed by atoms with Crippen molar-refractivity contribution in [3.05, 3.63) is 29.8 Å². The summed E-state index contributed by atoms with van der Waals surface area (Å²) in [5, 5.41) is 0. The van der Waals surface area contributed by atoms with Crippen LogP contribution in [-0.4, -0.2) is 10.9 Å². The number of rotatable bonds is 3. The van der Waals surface area contributed by atoms with Crippen molar-refractivity contribution >= 4 is 15.9 Å². The third-order valence-corrected chi connectivity index (χ3v) is 5.22. The molecule has 1 fully saturated rings. The number of hydrogen-bond donors (Lipinski definition) is 0. The van der Waals surface area contributed by atoms with Gasteiger partial charge in [-0.25, -0.2) is 8.78 Å². The van der Waals surface area contributed by atoms with E-state index in [-0.39, 0.29) is 17.3 Å². The van der Waals surface area contributed by atoms with Crippen LogP contribution in [0.25, 0.3) is 0 Å². The van der Waals surface area contributed by atoms with Gasteiger partial charge in [-0.1, -0.05) is 29.8 Å². The summed E-state index contributed by atoms with van der Waals surface area (Å²) >= 11 is 3.58. The van der Waals surface area contributed by atoms with Gasteiger partial charge in [0.25, 0.3) is 0 Å². The topological polar surface area (TPSA) is 9.23 Å². The molecule has 94 valence electrons. The zero-order valence-electron chi connectivity index (χ0n) is 9.84. The van der Waals surface area contributed by atoms with Crippen molar-refractivity contribution in [2.24, 2.45) is 5.41 Å². The maximum absolute atomic E-state index is 13.4. The molecule has 0 aliphatic heterocycles. The van der Waals surface area contributed by atoms with E-state index in [4.69, 9.17) is 4.74 Å². The second-order valence-electron chi connectivity index (χ2n) is 4.74. The largest absolute Gasteiger partial charge is 0.487 e. The molecule has 3 unspecified atom stereocenters. The van der Waals surface area contributed by atoms with Crippen molar-refractivity contribution in [1.29, 1.82) is 0 Å². The van der Waals surface area contributed by atoms with Crippen LogP contribution in [-0.2, 0) is 0 Å². The lowest BCUT2D eigenvalue weighted by Crippen LogP contribution is -2.54. The maximum atomic E-state index is 13.4. The molecule has 3 atom stereocenters. The van der Waals surface area contributed by atoms with E-state index in [1.54, 1.807) is 0 Å². The van der Waals surface area contributed by atoms with Gasteiger partial charge in [0.2, 0.25) is 0 Å². The average molecular weight is 305 g/mol. The van der Waals surface area contributed by atoms with Gasteiger partial charge in [0.1, 0.15) is 11.9 Å². The van der Waals surface area contributed by atoms with Crippen LogP contribution in [0.1, 0.15) is 26.7 Å². The molecule has 0 spiro atoms. The summed E-state index contributed by atoms with van der Waals surface area (Å²) in [4.78, 5) is 0.377. The molecule has 0 heterocycles. The second kappa shape index (κ2) is 4.56. The molecule has 0 bridgehead atoms. The van der Waals surface area contributed by atoms with Crippen LogP contribution in [0.5, 0.6) is 5.75 Å². The molecule has 17 heavy (non-hydrogen) atoms. The summed E-state index contributed by atoms with van der Waals surface area (Å²) in [6.45, 7) is 4.17. The summed E-state index contributed by atoms with van der Waals surface area (Å²) in [5.74, 6) is -0.980. The minimum absolute atomic E-state index is 0.00840. The van der Waals surface area contributed by atoms with Gasteiger partial charge in [0.05, 0.1) is 0 Å². The summed E-state index contributed by atoms with van der Waals surface area (Å²) < 4.78 is 32.0. The number of alkyl halides is 1. The highest BCUT2D eigenvalue weighted by molar-refractivity contribution is 9.09. The van der Waals surface area contributed by atoms with Crippen LogP contribution in [0.3, 0.4) is 0 Å². The van der Waals surface area contributed by atoms with Crippen LogP contribution < -0.4 is 4.74 Å². The molecule has 0 aromatic heterocycles. The first-order valence-corrected chi connectivity index (χ1v) is 6.64. The average Bonchev–Trinajstić information content (AvgIpc) is 2.32. The SMILES string of the molecule is CCC1(C)C(Br)CC1Oc1cc(F)ccc1F. The summed E-state index contributed by atoms with van der Waals surface area (Å²) in [7, 11) is 0. The zero-order chi connectivity index (χ0) is 12.6. The highest BCUT2D eigenvalue weighted by Crippen LogP contribution is 2.50. The Morgan fingerprint density at radius 2 is 2.18 bits per heavy atom. The lowest BCUT2D eigenvalue weighted by Gasteiger charge is -2.50. The highest BCUT2D eigenvalue weighted by atomic mass is 79.9. The molecule has 0 saturated heterocycles. The quantitative estimate of drug-likeness (QED) is 0.757. The molecule has 4 heteroatoms. The van der Waals surface area contributed by atoms with Crippen LogP contribution in [0.2, 0.25) is 0 Å². The molecular formula is C13H15BrF2O. The maximum Gasteiger partial charge on any atom is 0.165 e. The molecule has 1 nitrogen and oxygen atoms in total. The first-order valence-electron chi connectivity index (χ1n) is 5.73. The van der Waals surface area contributed by atoms with Gasteiger partial charge in [-0.15, -0.1) is 0 Å². The predicted octanol–water partition coefficient (Wildman–Crippen LogP) is 4.30. The molecule has 1 aromatic rings. The molecular weight excluding hydrogens is 290 g/mol. The molecule has 2 rings (SSSR count). The smallest absolute Gasteiger partial charge is 0.165 e. The van der Waals surface area contributed by atoms with E-state index < -0.39 is 11.6 Å². The normalized spacial score (nSPS) is 32.1. The molecule has 1 aliphatic rings. The first-order chi connectivity index (χ1) is 7.97. The van der Waals surface area contributed by atoms with E-state index in [2.05, 4.69) is 29.8 Å². The third-order valence-electron chi connectivity index (χ3n) is 3.80. The Kier molecular flexibility index (Phi) is 3.43. The fraction of sp³-hybridized carbons (Fsp3) is 0.538. The van der Waals surface area contributed by atoms with Crippen molar-refractivity contribution in [2.75, 3.05) is 0 Å². The van der Waals surface area contributed by atoms with Crippen molar-refractivity contribution in [3.8, 4) is 5.75 Å². The van der Waals surface area contributed by atoms with E-state index >= 15 is 0 Å². The standard InChI is InChI=1S/C13H15BrF2O/c1-3-13(2)11(14)7-12(13)17-10-6-8(15)4-5-9(10)16/h4-6,11-12H,3,7H2,1-2H3. The summed E-state index contributed by atoms with van der Waals surface area (Å²) in [6.07, 6.45) is 1.69. The fourth-order valence-corrected chi connectivity index (χ4v) is 3.08. The number of hydrogen-bond acceptors (Lipinski definition) is 1. The summed E-state index contributed by atoms with van der Waals surface area (Å²) in [5.41, 5.74) is -0.0151. The highest BCUT2D eigenvalue weighted by Gasteiger charge is 2.51. The van der Waals surface area contributed by atoms with Gasteiger partial charge in [-0.3, -0.25) is 0 Å². The Labute approximate surface area is 108 Å². The van der Waals surface area contributed by atoms with Crippen LogP contribution in [0.4, 0.5) is 8.78 Å². The van der Waals surface area contributed by atoms with Crippen LogP contribution in [0, 0.1) is 17.0 Å². The lowest BCUT2D eigenvalue weighted by molar-refractivity contribution is -0.0266. The second-order valence-corrected chi connectivity index (χ2v) is 5.85. The van der Waals surface area contributed by atoms with Crippen molar-refractivity contribution < 1.29 is 13.5 Å². The van der Waals surface area contributed by atoms with E-state index in [9.17, 15) is 8.78 Å². The molecule has 0 amide bonds. The Morgan fingerprint density at radius 3 is 2.76 bits per heavy atom. The van der Waals surface area contributed by atoms with Gasteiger partial charge >= 0.3 is 0 Å². The van der Waals surface area contributed by atoms with E-state index in [0.717, 1.165) is 31.0 Å².